The molecular formula is C24H29N3O4. The molecule has 2 amide bonds. The molecule has 1 heterocycles. The van der Waals surface area contributed by atoms with Gasteiger partial charge >= 0.3 is 0 Å². The molecule has 164 valence electrons. The van der Waals surface area contributed by atoms with E-state index in [1.54, 1.807) is 18.5 Å². The summed E-state index contributed by atoms with van der Waals surface area (Å²) in [4.78, 5) is 27.2. The molecule has 1 aliphatic rings. The number of carbonyl (C=O) groups excluding carboxylic acids is 2. The number of benzene rings is 1. The van der Waals surface area contributed by atoms with Crippen molar-refractivity contribution in [1.82, 2.24) is 15.8 Å². The van der Waals surface area contributed by atoms with Gasteiger partial charge < -0.3 is 15.4 Å². The van der Waals surface area contributed by atoms with Gasteiger partial charge in [0.2, 0.25) is 5.91 Å². The fourth-order valence-electron chi connectivity index (χ4n) is 3.49. The molecule has 0 saturated carbocycles. The Labute approximate surface area is 181 Å². The van der Waals surface area contributed by atoms with Crippen molar-refractivity contribution in [3.05, 3.63) is 65.9 Å². The highest BCUT2D eigenvalue weighted by Gasteiger charge is 2.23. The van der Waals surface area contributed by atoms with E-state index in [0.717, 1.165) is 35.2 Å². The molecule has 0 spiro atoms. The van der Waals surface area contributed by atoms with E-state index in [1.165, 1.54) is 0 Å². The number of amides is 2. The Morgan fingerprint density at radius 3 is 2.61 bits per heavy atom. The lowest BCUT2D eigenvalue weighted by atomic mass is 9.91. The van der Waals surface area contributed by atoms with Crippen molar-refractivity contribution < 1.29 is 19.9 Å². The number of aliphatic hydroxyl groups is 1. The maximum Gasteiger partial charge on any atom is 0.268 e. The summed E-state index contributed by atoms with van der Waals surface area (Å²) >= 11 is 0. The third kappa shape index (κ3) is 6.16. The van der Waals surface area contributed by atoms with E-state index in [9.17, 15) is 14.7 Å². The van der Waals surface area contributed by atoms with Crippen LogP contribution in [0.4, 0.5) is 0 Å². The largest absolute Gasteiger partial charge is 0.386 e. The average molecular weight is 424 g/mol. The first-order chi connectivity index (χ1) is 14.9. The van der Waals surface area contributed by atoms with E-state index in [2.05, 4.69) is 10.3 Å². The summed E-state index contributed by atoms with van der Waals surface area (Å²) in [6, 6.07) is 11.8. The Morgan fingerprint density at radius 2 is 1.94 bits per heavy atom. The standard InChI is InChI=1S/C24H29N3O4/c1-24(30)13-11-17(12-14-24)19-16-20(18-8-4-2-5-9-18)26-22(19)23(29)25-15-7-3-6-10-21(28)27-31/h2,4-5,8-9,11-13,16,26,30-31H,3,6-7,10,14-15H2,1H3,(H,25,29)(H,27,28). The van der Waals surface area contributed by atoms with Gasteiger partial charge in [0, 0.05) is 24.2 Å². The maximum absolute atomic E-state index is 12.9. The number of hydrogen-bond acceptors (Lipinski definition) is 4. The number of allylic oxidation sites excluding steroid dienone is 2. The second-order valence-corrected chi connectivity index (χ2v) is 7.99. The monoisotopic (exact) mass is 423 g/mol. The van der Waals surface area contributed by atoms with Gasteiger partial charge in [-0.1, -0.05) is 55.0 Å². The van der Waals surface area contributed by atoms with Crippen LogP contribution < -0.4 is 10.8 Å². The lowest BCUT2D eigenvalue weighted by Crippen LogP contribution is -2.26. The molecule has 1 atom stereocenters. The van der Waals surface area contributed by atoms with Gasteiger partial charge in [-0.2, -0.15) is 0 Å². The fourth-order valence-corrected chi connectivity index (χ4v) is 3.49. The number of rotatable bonds is 9. The quantitative estimate of drug-likeness (QED) is 0.241. The van der Waals surface area contributed by atoms with Crippen LogP contribution in [0.25, 0.3) is 16.8 Å². The van der Waals surface area contributed by atoms with Crippen molar-refractivity contribution in [2.75, 3.05) is 6.54 Å². The number of carbonyl (C=O) groups is 2. The molecule has 7 nitrogen and oxygen atoms in total. The molecule has 0 aliphatic heterocycles. The van der Waals surface area contributed by atoms with Crippen LogP contribution in [-0.2, 0) is 4.79 Å². The number of aromatic nitrogens is 1. The van der Waals surface area contributed by atoms with E-state index < -0.39 is 11.5 Å². The molecule has 3 rings (SSSR count). The van der Waals surface area contributed by atoms with E-state index >= 15 is 0 Å². The summed E-state index contributed by atoms with van der Waals surface area (Å²) in [5, 5.41) is 21.6. The molecule has 0 fully saturated rings. The van der Waals surface area contributed by atoms with Crippen LogP contribution in [0.1, 0.15) is 55.1 Å². The van der Waals surface area contributed by atoms with Gasteiger partial charge in [-0.05, 0) is 43.4 Å². The number of unbranched alkanes of at least 4 members (excludes halogenated alkanes) is 2. The Hall–Kier alpha value is -3.16. The van der Waals surface area contributed by atoms with Crippen molar-refractivity contribution in [2.45, 2.75) is 44.6 Å². The highest BCUT2D eigenvalue weighted by molar-refractivity contribution is 6.00. The third-order valence-corrected chi connectivity index (χ3v) is 5.29. The van der Waals surface area contributed by atoms with Crippen LogP contribution in [0, 0.1) is 0 Å². The second-order valence-electron chi connectivity index (χ2n) is 7.99. The van der Waals surface area contributed by atoms with E-state index in [4.69, 9.17) is 5.21 Å². The van der Waals surface area contributed by atoms with Gasteiger partial charge in [0.25, 0.3) is 5.91 Å². The van der Waals surface area contributed by atoms with Gasteiger partial charge in [0.15, 0.2) is 0 Å². The zero-order valence-electron chi connectivity index (χ0n) is 17.6. The second kappa shape index (κ2) is 10.2. The van der Waals surface area contributed by atoms with Crippen LogP contribution in [0.5, 0.6) is 0 Å². The van der Waals surface area contributed by atoms with E-state index in [-0.39, 0.29) is 12.3 Å². The molecule has 1 aliphatic carbocycles. The molecule has 5 N–H and O–H groups in total. The molecule has 0 bridgehead atoms. The maximum atomic E-state index is 12.9. The highest BCUT2D eigenvalue weighted by Crippen LogP contribution is 2.32. The highest BCUT2D eigenvalue weighted by atomic mass is 16.5. The third-order valence-electron chi connectivity index (χ3n) is 5.29. The number of aromatic amines is 1. The Morgan fingerprint density at radius 1 is 1.16 bits per heavy atom. The summed E-state index contributed by atoms with van der Waals surface area (Å²) in [6.45, 7) is 2.24. The number of nitrogens with one attached hydrogen (secondary N) is 3. The predicted octanol–water partition coefficient (Wildman–Crippen LogP) is 3.57. The summed E-state index contributed by atoms with van der Waals surface area (Å²) in [5.41, 5.74) is 4.74. The molecule has 31 heavy (non-hydrogen) atoms. The minimum Gasteiger partial charge on any atom is -0.386 e. The summed E-state index contributed by atoms with van der Waals surface area (Å²) in [6.07, 6.45) is 8.43. The first-order valence-electron chi connectivity index (χ1n) is 10.5. The van der Waals surface area contributed by atoms with Crippen molar-refractivity contribution in [3.63, 3.8) is 0 Å². The van der Waals surface area contributed by atoms with E-state index in [1.807, 2.05) is 48.6 Å². The van der Waals surface area contributed by atoms with E-state index in [0.29, 0.717) is 25.1 Å². The molecule has 1 aromatic heterocycles. The normalized spacial score (nSPS) is 17.8. The molecule has 1 aromatic carbocycles. The zero-order chi connectivity index (χ0) is 22.3. The Kier molecular flexibility index (Phi) is 7.44. The van der Waals surface area contributed by atoms with Gasteiger partial charge in [0.1, 0.15) is 5.69 Å². The Balaban J connectivity index is 1.71. The van der Waals surface area contributed by atoms with Crippen LogP contribution >= 0.6 is 0 Å². The lowest BCUT2D eigenvalue weighted by molar-refractivity contribution is -0.129. The number of hydrogen-bond donors (Lipinski definition) is 5. The smallest absolute Gasteiger partial charge is 0.268 e. The van der Waals surface area contributed by atoms with Crippen LogP contribution in [0.15, 0.2) is 54.6 Å². The molecule has 2 aromatic rings. The number of H-pyrrole nitrogens is 1. The van der Waals surface area contributed by atoms with Crippen molar-refractivity contribution in [2.24, 2.45) is 0 Å². The Bertz CT molecular complexity index is 974. The topological polar surface area (TPSA) is 114 Å². The van der Waals surface area contributed by atoms with Gasteiger partial charge in [-0.3, -0.25) is 14.8 Å². The molecule has 1 unspecified atom stereocenters. The fraction of sp³-hybridized carbons (Fsp3) is 0.333. The SMILES string of the molecule is CC1(O)C=CC(c2cc(-c3ccccc3)[nH]c2C(=O)NCCCCCC(=O)NO)=CC1. The average Bonchev–Trinajstić information content (AvgIpc) is 3.22. The lowest BCUT2D eigenvalue weighted by Gasteiger charge is -2.21. The van der Waals surface area contributed by atoms with Gasteiger partial charge in [0.05, 0.1) is 5.60 Å². The molecule has 0 radical (unpaired) electrons. The summed E-state index contributed by atoms with van der Waals surface area (Å²) < 4.78 is 0. The van der Waals surface area contributed by atoms with Crippen molar-refractivity contribution in [1.29, 1.82) is 0 Å². The van der Waals surface area contributed by atoms with Crippen molar-refractivity contribution in [3.8, 4) is 11.3 Å². The minimum absolute atomic E-state index is 0.197. The molecule has 0 saturated heterocycles. The zero-order valence-corrected chi connectivity index (χ0v) is 17.6. The van der Waals surface area contributed by atoms with Gasteiger partial charge in [-0.25, -0.2) is 5.48 Å². The van der Waals surface area contributed by atoms with Gasteiger partial charge in [-0.15, -0.1) is 0 Å². The van der Waals surface area contributed by atoms with Crippen LogP contribution in [0.3, 0.4) is 0 Å². The molecular weight excluding hydrogens is 394 g/mol. The minimum atomic E-state index is -0.878. The summed E-state index contributed by atoms with van der Waals surface area (Å²) in [5.74, 6) is -0.599. The molecule has 7 heteroatoms. The van der Waals surface area contributed by atoms with Crippen molar-refractivity contribution >= 4 is 17.4 Å². The van der Waals surface area contributed by atoms with Crippen LogP contribution in [0.2, 0.25) is 0 Å². The first kappa shape index (κ1) is 22.5. The van der Waals surface area contributed by atoms with Crippen LogP contribution in [-0.4, -0.2) is 39.3 Å². The summed E-state index contributed by atoms with van der Waals surface area (Å²) in [7, 11) is 0. The first-order valence-corrected chi connectivity index (χ1v) is 10.5. The number of hydroxylamine groups is 1. The predicted molar refractivity (Wildman–Crippen MR) is 119 cm³/mol.